The maximum Gasteiger partial charge on any atom is 0.338 e. The molecule has 6 heteroatoms. The SMILES string of the molecule is CCCCOC(=O)c1ccc(NC(=O)[C@H]2CC(=O)N([C@@H](C)c3ccccc3)C2)cc1. The summed E-state index contributed by atoms with van der Waals surface area (Å²) in [4.78, 5) is 38.9. The van der Waals surface area contributed by atoms with Crippen LogP contribution in [0.15, 0.2) is 54.6 Å². The van der Waals surface area contributed by atoms with Gasteiger partial charge in [-0.05, 0) is 43.2 Å². The van der Waals surface area contributed by atoms with Gasteiger partial charge in [0.15, 0.2) is 0 Å². The molecule has 0 aliphatic carbocycles. The molecule has 1 aliphatic heterocycles. The predicted octanol–water partition coefficient (Wildman–Crippen LogP) is 4.19. The summed E-state index contributed by atoms with van der Waals surface area (Å²) in [6.07, 6.45) is 1.99. The average molecular weight is 408 g/mol. The molecule has 2 amide bonds. The number of amides is 2. The van der Waals surface area contributed by atoms with Gasteiger partial charge in [0, 0.05) is 18.7 Å². The van der Waals surface area contributed by atoms with Crippen LogP contribution in [-0.4, -0.2) is 35.8 Å². The monoisotopic (exact) mass is 408 g/mol. The van der Waals surface area contributed by atoms with Gasteiger partial charge in [0.25, 0.3) is 0 Å². The van der Waals surface area contributed by atoms with E-state index in [2.05, 4.69) is 5.32 Å². The summed E-state index contributed by atoms with van der Waals surface area (Å²) in [7, 11) is 0. The number of nitrogens with one attached hydrogen (secondary N) is 1. The molecule has 2 atom stereocenters. The highest BCUT2D eigenvalue weighted by Crippen LogP contribution is 2.29. The van der Waals surface area contributed by atoms with Gasteiger partial charge in [0.2, 0.25) is 11.8 Å². The molecular formula is C24H28N2O4. The Labute approximate surface area is 177 Å². The molecule has 0 unspecified atom stereocenters. The lowest BCUT2D eigenvalue weighted by Gasteiger charge is -2.25. The lowest BCUT2D eigenvalue weighted by molar-refractivity contribution is -0.129. The molecule has 0 bridgehead atoms. The Morgan fingerprint density at radius 2 is 1.83 bits per heavy atom. The summed E-state index contributed by atoms with van der Waals surface area (Å²) < 4.78 is 5.18. The topological polar surface area (TPSA) is 75.7 Å². The number of likely N-dealkylation sites (tertiary alicyclic amines) is 1. The zero-order valence-corrected chi connectivity index (χ0v) is 17.5. The fourth-order valence-electron chi connectivity index (χ4n) is 3.52. The van der Waals surface area contributed by atoms with Crippen molar-refractivity contribution in [1.29, 1.82) is 0 Å². The summed E-state index contributed by atoms with van der Waals surface area (Å²) >= 11 is 0. The Morgan fingerprint density at radius 3 is 2.50 bits per heavy atom. The summed E-state index contributed by atoms with van der Waals surface area (Å²) in [5.41, 5.74) is 2.09. The van der Waals surface area contributed by atoms with Crippen LogP contribution in [0.3, 0.4) is 0 Å². The normalized spacial score (nSPS) is 16.9. The Kier molecular flexibility index (Phi) is 7.22. The minimum Gasteiger partial charge on any atom is -0.462 e. The highest BCUT2D eigenvalue weighted by molar-refractivity contribution is 5.98. The van der Waals surface area contributed by atoms with E-state index in [4.69, 9.17) is 4.74 Å². The quantitative estimate of drug-likeness (QED) is 0.525. The summed E-state index contributed by atoms with van der Waals surface area (Å²) in [5, 5.41) is 2.85. The molecule has 0 radical (unpaired) electrons. The number of esters is 1. The molecule has 2 aromatic carbocycles. The van der Waals surface area contributed by atoms with Crippen molar-refractivity contribution in [3.63, 3.8) is 0 Å². The molecule has 1 saturated heterocycles. The van der Waals surface area contributed by atoms with E-state index in [9.17, 15) is 14.4 Å². The van der Waals surface area contributed by atoms with Gasteiger partial charge < -0.3 is 15.0 Å². The molecular weight excluding hydrogens is 380 g/mol. The number of carbonyl (C=O) groups excluding carboxylic acids is 3. The van der Waals surface area contributed by atoms with Gasteiger partial charge in [-0.25, -0.2) is 4.79 Å². The van der Waals surface area contributed by atoms with Crippen molar-refractivity contribution in [2.24, 2.45) is 5.92 Å². The van der Waals surface area contributed by atoms with Crippen LogP contribution in [0, 0.1) is 5.92 Å². The number of hydrogen-bond acceptors (Lipinski definition) is 4. The predicted molar refractivity (Wildman–Crippen MR) is 115 cm³/mol. The molecule has 6 nitrogen and oxygen atoms in total. The first-order valence-electron chi connectivity index (χ1n) is 10.4. The first-order valence-corrected chi connectivity index (χ1v) is 10.4. The van der Waals surface area contributed by atoms with Crippen LogP contribution in [-0.2, 0) is 14.3 Å². The molecule has 1 N–H and O–H groups in total. The Bertz CT molecular complexity index is 880. The number of unbranched alkanes of at least 4 members (excludes halogenated alkanes) is 1. The second-order valence-electron chi connectivity index (χ2n) is 7.59. The Morgan fingerprint density at radius 1 is 1.13 bits per heavy atom. The zero-order chi connectivity index (χ0) is 21.5. The number of nitrogens with zero attached hydrogens (tertiary/aromatic N) is 1. The minimum absolute atomic E-state index is 0.0170. The number of rotatable bonds is 8. The van der Waals surface area contributed by atoms with Gasteiger partial charge >= 0.3 is 5.97 Å². The van der Waals surface area contributed by atoms with E-state index in [-0.39, 0.29) is 30.2 Å². The van der Waals surface area contributed by atoms with Crippen LogP contribution in [0.2, 0.25) is 0 Å². The molecule has 3 rings (SSSR count). The summed E-state index contributed by atoms with van der Waals surface area (Å²) in [6, 6.07) is 16.3. The number of hydrogen-bond donors (Lipinski definition) is 1. The summed E-state index contributed by atoms with van der Waals surface area (Å²) in [6.45, 7) is 4.81. The molecule has 30 heavy (non-hydrogen) atoms. The van der Waals surface area contributed by atoms with Crippen LogP contribution in [0.4, 0.5) is 5.69 Å². The van der Waals surface area contributed by atoms with E-state index < -0.39 is 5.92 Å². The molecule has 2 aromatic rings. The number of carbonyl (C=O) groups is 3. The third-order valence-electron chi connectivity index (χ3n) is 5.40. The van der Waals surface area contributed by atoms with Gasteiger partial charge in [0.1, 0.15) is 0 Å². The lowest BCUT2D eigenvalue weighted by atomic mass is 10.1. The van der Waals surface area contributed by atoms with Crippen molar-refractivity contribution in [2.45, 2.75) is 39.2 Å². The zero-order valence-electron chi connectivity index (χ0n) is 17.5. The smallest absolute Gasteiger partial charge is 0.338 e. The number of benzene rings is 2. The number of ether oxygens (including phenoxy) is 1. The van der Waals surface area contributed by atoms with E-state index >= 15 is 0 Å². The van der Waals surface area contributed by atoms with Crippen LogP contribution >= 0.6 is 0 Å². The second kappa shape index (κ2) is 10.1. The highest BCUT2D eigenvalue weighted by atomic mass is 16.5. The van der Waals surface area contributed by atoms with Crippen molar-refractivity contribution < 1.29 is 19.1 Å². The molecule has 1 fully saturated rings. The minimum atomic E-state index is -0.401. The maximum atomic E-state index is 12.7. The van der Waals surface area contributed by atoms with Crippen molar-refractivity contribution in [2.75, 3.05) is 18.5 Å². The highest BCUT2D eigenvalue weighted by Gasteiger charge is 2.37. The van der Waals surface area contributed by atoms with E-state index in [1.165, 1.54) is 0 Å². The van der Waals surface area contributed by atoms with Crippen LogP contribution in [0.5, 0.6) is 0 Å². The van der Waals surface area contributed by atoms with Crippen LogP contribution < -0.4 is 5.32 Å². The average Bonchev–Trinajstić information content (AvgIpc) is 3.16. The lowest BCUT2D eigenvalue weighted by Crippen LogP contribution is -2.30. The van der Waals surface area contributed by atoms with E-state index in [1.54, 1.807) is 29.2 Å². The second-order valence-corrected chi connectivity index (χ2v) is 7.59. The van der Waals surface area contributed by atoms with Crippen LogP contribution in [0.1, 0.15) is 55.1 Å². The molecule has 1 aliphatic rings. The van der Waals surface area contributed by atoms with Crippen molar-refractivity contribution in [1.82, 2.24) is 4.90 Å². The first-order chi connectivity index (χ1) is 14.5. The molecule has 0 spiro atoms. The Balaban J connectivity index is 1.56. The Hall–Kier alpha value is -3.15. The van der Waals surface area contributed by atoms with E-state index in [0.29, 0.717) is 24.4 Å². The van der Waals surface area contributed by atoms with Gasteiger partial charge in [-0.3, -0.25) is 9.59 Å². The van der Waals surface area contributed by atoms with Gasteiger partial charge in [0.05, 0.1) is 24.1 Å². The van der Waals surface area contributed by atoms with E-state index in [0.717, 1.165) is 18.4 Å². The molecule has 0 saturated carbocycles. The largest absolute Gasteiger partial charge is 0.462 e. The number of anilines is 1. The first kappa shape index (κ1) is 21.6. The summed E-state index contributed by atoms with van der Waals surface area (Å²) in [5.74, 6) is -0.975. The van der Waals surface area contributed by atoms with E-state index in [1.807, 2.05) is 44.2 Å². The fraction of sp³-hybridized carbons (Fsp3) is 0.375. The van der Waals surface area contributed by atoms with Gasteiger partial charge in [-0.2, -0.15) is 0 Å². The third-order valence-corrected chi connectivity index (χ3v) is 5.40. The fourth-order valence-corrected chi connectivity index (χ4v) is 3.52. The van der Waals surface area contributed by atoms with Gasteiger partial charge in [-0.1, -0.05) is 43.7 Å². The maximum absolute atomic E-state index is 12.7. The van der Waals surface area contributed by atoms with Crippen molar-refractivity contribution in [3.05, 3.63) is 65.7 Å². The standard InChI is InChI=1S/C24H28N2O4/c1-3-4-14-30-24(29)19-10-12-21(13-11-19)25-23(28)20-15-22(27)26(16-20)17(2)18-8-6-5-7-9-18/h5-13,17,20H,3-4,14-16H2,1-2H3,(H,25,28)/t17-,20-/m0/s1. The van der Waals surface area contributed by atoms with Crippen LogP contribution in [0.25, 0.3) is 0 Å². The molecule has 158 valence electrons. The molecule has 0 aromatic heterocycles. The molecule has 1 heterocycles. The third kappa shape index (κ3) is 5.26. The van der Waals surface area contributed by atoms with Crippen molar-refractivity contribution in [3.8, 4) is 0 Å². The van der Waals surface area contributed by atoms with Crippen molar-refractivity contribution >= 4 is 23.5 Å². The van der Waals surface area contributed by atoms with Gasteiger partial charge in [-0.15, -0.1) is 0 Å².